The molecule has 2 atom stereocenters. The van der Waals surface area contributed by atoms with Crippen molar-refractivity contribution in [1.82, 2.24) is 24.6 Å². The predicted octanol–water partition coefficient (Wildman–Crippen LogP) is 8.81. The molecule has 1 aliphatic carbocycles. The summed E-state index contributed by atoms with van der Waals surface area (Å²) >= 11 is 0. The van der Waals surface area contributed by atoms with E-state index in [1.807, 2.05) is 24.3 Å². The van der Waals surface area contributed by atoms with E-state index in [0.29, 0.717) is 29.9 Å². The smallest absolute Gasteiger partial charge is 0.297 e. The van der Waals surface area contributed by atoms with Crippen LogP contribution in [0.3, 0.4) is 0 Å². The fourth-order valence-corrected chi connectivity index (χ4v) is 11.3. The average molecular weight is 895 g/mol. The normalized spacial score (nSPS) is 19.5. The molecule has 2 unspecified atom stereocenters. The van der Waals surface area contributed by atoms with E-state index in [1.165, 1.54) is 49.1 Å². The number of benzene rings is 3. The Hall–Kier alpha value is -6.78. The van der Waals surface area contributed by atoms with Gasteiger partial charge in [-0.05, 0) is 105 Å². The average Bonchev–Trinajstić information content (AvgIpc) is 3.98. The molecular formula is C49H50N8O7S. The summed E-state index contributed by atoms with van der Waals surface area (Å²) in [5, 5.41) is 16.2. The molecule has 2 saturated heterocycles. The number of nitrogens with zero attached hydrogens (tertiary/aromatic N) is 5. The number of carbonyl (C=O) groups excluding carboxylic acids is 1. The van der Waals surface area contributed by atoms with E-state index < -0.39 is 31.4 Å². The molecule has 3 fully saturated rings. The molecule has 4 aliphatic rings. The van der Waals surface area contributed by atoms with Gasteiger partial charge >= 0.3 is 0 Å². The first-order chi connectivity index (χ1) is 31.4. The Morgan fingerprint density at radius 1 is 1.02 bits per heavy atom. The Bertz CT molecular complexity index is 2920. The third-order valence-corrected chi connectivity index (χ3v) is 15.0. The van der Waals surface area contributed by atoms with Gasteiger partial charge in [0.05, 0.1) is 27.6 Å². The van der Waals surface area contributed by atoms with E-state index in [9.17, 15) is 23.3 Å². The van der Waals surface area contributed by atoms with Gasteiger partial charge in [-0.3, -0.25) is 24.8 Å². The van der Waals surface area contributed by atoms with Crippen molar-refractivity contribution in [3.63, 3.8) is 0 Å². The highest BCUT2D eigenvalue weighted by Gasteiger charge is 2.50. The maximum absolute atomic E-state index is 14.1. The molecule has 15 nitrogen and oxygen atoms in total. The Kier molecular flexibility index (Phi) is 11.0. The lowest BCUT2D eigenvalue weighted by Crippen LogP contribution is -2.54. The number of nitrogens with one attached hydrogen (secondary N) is 3. The molecule has 3 N–H and O–H groups in total. The number of hydrogen-bond donors (Lipinski definition) is 3. The standard InChI is InChI=1S/C49H50N8O7S/c1-31(2)39-9-3-4-10-40(39)42-11-7-19-56(42)36-27-49(28-36)15-20-55(21-16-49)35-12-13-41(44(24-35)64-37-22-32-14-18-51-47(32)52-29-37)48(58)54-65(61,62)38-25-43(57(59)60)46-45(26-38)63-30-34(53-46)23-33-8-5-6-17-50-33/h3-6,8-10,12-14,17-18,22,24-26,29,34,36,42,53H,1,7,11,15-16,19-21,23,27-28,30H2,2H3,(H,51,52)(H,54,58). The summed E-state index contributed by atoms with van der Waals surface area (Å²) in [7, 11) is -4.66. The lowest BCUT2D eigenvalue weighted by atomic mass is 9.59. The van der Waals surface area contributed by atoms with E-state index in [4.69, 9.17) is 9.47 Å². The number of fused-ring (bicyclic) bond motifs is 2. The van der Waals surface area contributed by atoms with Crippen LogP contribution >= 0.6 is 0 Å². The van der Waals surface area contributed by atoms with Crippen molar-refractivity contribution in [2.45, 2.75) is 74.9 Å². The van der Waals surface area contributed by atoms with Crippen LogP contribution in [0.2, 0.25) is 0 Å². The maximum Gasteiger partial charge on any atom is 0.297 e. The zero-order valence-electron chi connectivity index (χ0n) is 36.0. The molecule has 16 heteroatoms. The second-order valence-corrected chi connectivity index (χ2v) is 19.5. The van der Waals surface area contributed by atoms with Gasteiger partial charge in [-0.2, -0.15) is 0 Å². The fourth-order valence-electron chi connectivity index (χ4n) is 10.3. The van der Waals surface area contributed by atoms with Crippen molar-refractivity contribution >= 4 is 49.6 Å². The van der Waals surface area contributed by atoms with Crippen LogP contribution in [0.5, 0.6) is 17.2 Å². The van der Waals surface area contributed by atoms with Gasteiger partial charge in [0.25, 0.3) is 21.6 Å². The minimum absolute atomic E-state index is 0.0179. The van der Waals surface area contributed by atoms with Crippen LogP contribution in [0.15, 0.2) is 115 Å². The first-order valence-electron chi connectivity index (χ1n) is 22.1. The summed E-state index contributed by atoms with van der Waals surface area (Å²) in [5.74, 6) is -0.502. The second-order valence-electron chi connectivity index (χ2n) is 17.9. The first-order valence-corrected chi connectivity index (χ1v) is 23.6. The number of carbonyl (C=O) groups is 1. The lowest BCUT2D eigenvalue weighted by Gasteiger charge is -2.56. The molecule has 1 amide bonds. The van der Waals surface area contributed by atoms with Gasteiger partial charge in [-0.25, -0.2) is 18.1 Å². The first kappa shape index (κ1) is 42.2. The van der Waals surface area contributed by atoms with E-state index in [2.05, 4.69) is 72.6 Å². The van der Waals surface area contributed by atoms with Crippen LogP contribution in [0.25, 0.3) is 16.6 Å². The van der Waals surface area contributed by atoms with E-state index in [1.54, 1.807) is 36.7 Å². The van der Waals surface area contributed by atoms with Crippen molar-refractivity contribution in [1.29, 1.82) is 0 Å². The van der Waals surface area contributed by atoms with Crippen LogP contribution < -0.4 is 24.4 Å². The number of aromatic nitrogens is 3. The van der Waals surface area contributed by atoms with E-state index in [0.717, 1.165) is 60.9 Å². The molecule has 3 aromatic carbocycles. The van der Waals surface area contributed by atoms with Gasteiger partial charge in [0.1, 0.15) is 23.8 Å². The van der Waals surface area contributed by atoms with Crippen LogP contribution in [-0.2, 0) is 16.4 Å². The molecule has 0 radical (unpaired) electrons. The number of likely N-dealkylation sites (tertiary alicyclic amines) is 1. The third kappa shape index (κ3) is 8.39. The molecule has 3 aromatic heterocycles. The fraction of sp³-hybridized carbons (Fsp3) is 0.327. The second kappa shape index (κ2) is 17.0. The molecule has 0 bridgehead atoms. The van der Waals surface area contributed by atoms with Gasteiger partial charge in [0.15, 0.2) is 11.4 Å². The zero-order chi connectivity index (χ0) is 44.9. The summed E-state index contributed by atoms with van der Waals surface area (Å²) < 4.78 is 42.2. The predicted molar refractivity (Wildman–Crippen MR) is 248 cm³/mol. The van der Waals surface area contributed by atoms with Crippen molar-refractivity contribution in [3.8, 4) is 17.2 Å². The minimum Gasteiger partial charge on any atom is -0.489 e. The summed E-state index contributed by atoms with van der Waals surface area (Å²) in [6, 6.07) is 25.7. The molecule has 3 aliphatic heterocycles. The van der Waals surface area contributed by atoms with Crippen molar-refractivity contribution in [3.05, 3.63) is 143 Å². The number of allylic oxidation sites excluding steroid dienone is 1. The number of pyridine rings is 2. The number of piperidine rings is 1. The Morgan fingerprint density at radius 2 is 1.83 bits per heavy atom. The SMILES string of the molecule is C=C(C)c1ccccc1C1CCCN1C1CC2(CCN(c3ccc(C(=O)NS(=O)(=O)c4cc5c(c([N+](=O)[O-])c4)NC(Cc4ccccn4)CO5)c(Oc4cnc5[nH]ccc5c4)c3)CC2)C1. The highest BCUT2D eigenvalue weighted by molar-refractivity contribution is 7.90. The molecule has 65 heavy (non-hydrogen) atoms. The Balaban J connectivity index is 0.860. The summed E-state index contributed by atoms with van der Waals surface area (Å²) in [5.41, 5.74) is 5.81. The number of nitro benzene ring substituents is 1. The van der Waals surface area contributed by atoms with Gasteiger partial charge in [0.2, 0.25) is 0 Å². The Morgan fingerprint density at radius 3 is 2.62 bits per heavy atom. The molecule has 6 aromatic rings. The van der Waals surface area contributed by atoms with Crippen LogP contribution in [0.1, 0.15) is 78.7 Å². The molecule has 1 spiro atoms. The number of amides is 1. The highest BCUT2D eigenvalue weighted by Crippen LogP contribution is 2.54. The Labute approximate surface area is 377 Å². The summed E-state index contributed by atoms with van der Waals surface area (Å²) in [6.45, 7) is 9.22. The van der Waals surface area contributed by atoms with E-state index in [-0.39, 0.29) is 40.8 Å². The molecule has 6 heterocycles. The topological polar surface area (TPSA) is 185 Å². The number of rotatable bonds is 12. The third-order valence-electron chi connectivity index (χ3n) is 13.6. The number of sulfonamides is 1. The largest absolute Gasteiger partial charge is 0.489 e. The van der Waals surface area contributed by atoms with Crippen molar-refractivity contribution < 1.29 is 27.6 Å². The number of nitro groups is 1. The van der Waals surface area contributed by atoms with E-state index >= 15 is 0 Å². The minimum atomic E-state index is -4.66. The molecule has 334 valence electrons. The number of H-pyrrole nitrogens is 1. The van der Waals surface area contributed by atoms with Crippen LogP contribution in [-0.4, -0.2) is 77.4 Å². The van der Waals surface area contributed by atoms with Gasteiger partial charge in [-0.1, -0.05) is 42.5 Å². The number of aromatic amines is 1. The van der Waals surface area contributed by atoms with Gasteiger partial charge < -0.3 is 24.7 Å². The van der Waals surface area contributed by atoms with Gasteiger partial charge in [-0.15, -0.1) is 0 Å². The number of hydrogen-bond acceptors (Lipinski definition) is 12. The monoisotopic (exact) mass is 894 g/mol. The van der Waals surface area contributed by atoms with Crippen molar-refractivity contribution in [2.75, 3.05) is 36.5 Å². The number of anilines is 2. The summed E-state index contributed by atoms with van der Waals surface area (Å²) in [6.07, 6.45) is 12.2. The zero-order valence-corrected chi connectivity index (χ0v) is 36.9. The van der Waals surface area contributed by atoms with Crippen molar-refractivity contribution in [2.24, 2.45) is 5.41 Å². The molecule has 1 saturated carbocycles. The molecule has 10 rings (SSSR count). The summed E-state index contributed by atoms with van der Waals surface area (Å²) in [4.78, 5) is 42.0. The van der Waals surface area contributed by atoms with Crippen LogP contribution in [0, 0.1) is 15.5 Å². The van der Waals surface area contributed by atoms with Crippen LogP contribution in [0.4, 0.5) is 17.1 Å². The quantitative estimate of drug-likeness (QED) is 0.0785. The maximum atomic E-state index is 14.1. The number of ether oxygens (including phenoxy) is 2. The van der Waals surface area contributed by atoms with Gasteiger partial charge in [0, 0.05) is 79.0 Å². The molecular weight excluding hydrogens is 845 g/mol. The highest BCUT2D eigenvalue weighted by atomic mass is 32.2. The lowest BCUT2D eigenvalue weighted by molar-refractivity contribution is -0.384.